The first kappa shape index (κ1) is 9.63. The number of hydrogen-bond donors (Lipinski definition) is 0. The normalized spacial score (nSPS) is 10.4. The zero-order chi connectivity index (χ0) is 11.7. The zero-order valence-corrected chi connectivity index (χ0v) is 8.91. The molecule has 17 heavy (non-hydrogen) atoms. The van der Waals surface area contributed by atoms with E-state index in [2.05, 4.69) is 15.0 Å². The number of pyridine rings is 1. The molecule has 1 aromatic heterocycles. The summed E-state index contributed by atoms with van der Waals surface area (Å²) in [6.07, 6.45) is 0. The van der Waals surface area contributed by atoms with Gasteiger partial charge in [-0.2, -0.15) is 0 Å². The van der Waals surface area contributed by atoms with Crippen molar-refractivity contribution in [3.05, 3.63) is 59.0 Å². The molecule has 0 radical (unpaired) electrons. The molecule has 0 saturated carbocycles. The Bertz CT molecular complexity index is 758. The molecule has 0 unspecified atom stereocenters. The SMILES string of the molecule is [N-]=[N+]=Nc1cccc2nc3ccccc3cc12. The molecule has 0 bridgehead atoms. The van der Waals surface area contributed by atoms with Crippen molar-refractivity contribution < 1.29 is 0 Å². The van der Waals surface area contributed by atoms with E-state index in [-0.39, 0.29) is 0 Å². The average molecular weight is 220 g/mol. The number of para-hydroxylation sites is 1. The predicted molar refractivity (Wildman–Crippen MR) is 68.1 cm³/mol. The number of rotatable bonds is 1. The van der Waals surface area contributed by atoms with E-state index >= 15 is 0 Å². The first-order valence-electron chi connectivity index (χ1n) is 5.22. The maximum absolute atomic E-state index is 8.53. The van der Waals surface area contributed by atoms with Crippen LogP contribution in [0.2, 0.25) is 0 Å². The van der Waals surface area contributed by atoms with Crippen LogP contribution in [0.15, 0.2) is 53.6 Å². The van der Waals surface area contributed by atoms with Gasteiger partial charge in [-0.05, 0) is 23.7 Å². The third-order valence-electron chi connectivity index (χ3n) is 2.69. The molecule has 0 aliphatic carbocycles. The van der Waals surface area contributed by atoms with Crippen molar-refractivity contribution in [3.63, 3.8) is 0 Å². The molecule has 4 heteroatoms. The van der Waals surface area contributed by atoms with Gasteiger partial charge in [0.05, 0.1) is 11.0 Å². The second kappa shape index (κ2) is 3.77. The highest BCUT2D eigenvalue weighted by Crippen LogP contribution is 2.27. The number of aromatic nitrogens is 1. The van der Waals surface area contributed by atoms with Crippen LogP contribution < -0.4 is 0 Å². The fourth-order valence-corrected chi connectivity index (χ4v) is 1.92. The first-order valence-corrected chi connectivity index (χ1v) is 5.22. The van der Waals surface area contributed by atoms with Gasteiger partial charge in [0.1, 0.15) is 0 Å². The van der Waals surface area contributed by atoms with Gasteiger partial charge < -0.3 is 0 Å². The van der Waals surface area contributed by atoms with Gasteiger partial charge in [0.25, 0.3) is 0 Å². The predicted octanol–water partition coefficient (Wildman–Crippen LogP) is 4.33. The molecule has 80 valence electrons. The summed E-state index contributed by atoms with van der Waals surface area (Å²) in [7, 11) is 0. The molecule has 2 aromatic carbocycles. The minimum atomic E-state index is 0.614. The molecule has 3 rings (SSSR count). The molecule has 0 saturated heterocycles. The van der Waals surface area contributed by atoms with Crippen molar-refractivity contribution in [2.75, 3.05) is 0 Å². The molecule has 0 aliphatic heterocycles. The van der Waals surface area contributed by atoms with Gasteiger partial charge >= 0.3 is 0 Å². The zero-order valence-electron chi connectivity index (χ0n) is 8.91. The van der Waals surface area contributed by atoms with Crippen LogP contribution in [-0.2, 0) is 0 Å². The van der Waals surface area contributed by atoms with E-state index in [9.17, 15) is 0 Å². The standard InChI is InChI=1S/C13H8N4/c14-17-16-13-7-3-6-12-10(13)8-9-4-1-2-5-11(9)15-12/h1-8H. The van der Waals surface area contributed by atoms with Crippen molar-refractivity contribution in [3.8, 4) is 0 Å². The number of hydrogen-bond acceptors (Lipinski definition) is 2. The summed E-state index contributed by atoms with van der Waals surface area (Å²) in [4.78, 5) is 7.37. The summed E-state index contributed by atoms with van der Waals surface area (Å²) in [5, 5.41) is 5.60. The highest BCUT2D eigenvalue weighted by Gasteiger charge is 2.02. The van der Waals surface area contributed by atoms with E-state index in [1.807, 2.05) is 42.5 Å². The van der Waals surface area contributed by atoms with Crippen LogP contribution >= 0.6 is 0 Å². The van der Waals surface area contributed by atoms with Crippen LogP contribution in [0.25, 0.3) is 32.2 Å². The minimum Gasteiger partial charge on any atom is -0.248 e. The van der Waals surface area contributed by atoms with Gasteiger partial charge in [-0.15, -0.1) is 0 Å². The van der Waals surface area contributed by atoms with Crippen LogP contribution in [0.1, 0.15) is 0 Å². The van der Waals surface area contributed by atoms with Gasteiger partial charge in [-0.1, -0.05) is 35.4 Å². The summed E-state index contributed by atoms with van der Waals surface area (Å²) in [6, 6.07) is 15.4. The van der Waals surface area contributed by atoms with Gasteiger partial charge in [0.15, 0.2) is 0 Å². The smallest absolute Gasteiger partial charge is 0.0714 e. The van der Waals surface area contributed by atoms with Crippen LogP contribution in [0.4, 0.5) is 5.69 Å². The molecule has 0 fully saturated rings. The van der Waals surface area contributed by atoms with E-state index in [1.165, 1.54) is 0 Å². The fourth-order valence-electron chi connectivity index (χ4n) is 1.92. The lowest BCUT2D eigenvalue weighted by Crippen LogP contribution is -1.81. The molecule has 4 nitrogen and oxygen atoms in total. The highest BCUT2D eigenvalue weighted by molar-refractivity contribution is 5.98. The molecule has 1 heterocycles. The summed E-state index contributed by atoms with van der Waals surface area (Å²) >= 11 is 0. The number of benzene rings is 2. The minimum absolute atomic E-state index is 0.614. The van der Waals surface area contributed by atoms with Crippen LogP contribution in [0, 0.1) is 0 Å². The number of nitrogens with zero attached hydrogens (tertiary/aromatic N) is 4. The lowest BCUT2D eigenvalue weighted by molar-refractivity contribution is 1.46. The monoisotopic (exact) mass is 220 g/mol. The Morgan fingerprint density at radius 2 is 1.82 bits per heavy atom. The molecule has 0 aliphatic rings. The molecule has 0 amide bonds. The van der Waals surface area contributed by atoms with Crippen molar-refractivity contribution in [1.29, 1.82) is 0 Å². The second-order valence-electron chi connectivity index (χ2n) is 3.71. The highest BCUT2D eigenvalue weighted by atomic mass is 15.1. The molecular formula is C13H8N4. The Kier molecular flexibility index (Phi) is 2.14. The Balaban J connectivity index is 2.47. The lowest BCUT2D eigenvalue weighted by atomic mass is 10.1. The van der Waals surface area contributed by atoms with Crippen LogP contribution in [0.5, 0.6) is 0 Å². The average Bonchev–Trinajstić information content (AvgIpc) is 2.37. The van der Waals surface area contributed by atoms with Gasteiger partial charge in [0.2, 0.25) is 0 Å². The van der Waals surface area contributed by atoms with Gasteiger partial charge in [-0.3, -0.25) is 0 Å². The summed E-state index contributed by atoms with van der Waals surface area (Å²) < 4.78 is 0. The maximum Gasteiger partial charge on any atom is 0.0714 e. The molecule has 0 N–H and O–H groups in total. The molecular weight excluding hydrogens is 212 g/mol. The molecule has 0 spiro atoms. The van der Waals surface area contributed by atoms with E-state index < -0.39 is 0 Å². The largest absolute Gasteiger partial charge is 0.248 e. The van der Waals surface area contributed by atoms with E-state index in [0.717, 1.165) is 21.8 Å². The van der Waals surface area contributed by atoms with Crippen molar-refractivity contribution in [2.45, 2.75) is 0 Å². The molecule has 3 aromatic rings. The lowest BCUT2D eigenvalue weighted by Gasteiger charge is -2.03. The Morgan fingerprint density at radius 1 is 1.00 bits per heavy atom. The third kappa shape index (κ3) is 1.57. The Morgan fingerprint density at radius 3 is 2.71 bits per heavy atom. The third-order valence-corrected chi connectivity index (χ3v) is 2.69. The van der Waals surface area contributed by atoms with Crippen LogP contribution in [0.3, 0.4) is 0 Å². The van der Waals surface area contributed by atoms with Crippen molar-refractivity contribution in [2.24, 2.45) is 5.11 Å². The quantitative estimate of drug-likeness (QED) is 0.260. The second-order valence-corrected chi connectivity index (χ2v) is 3.71. The van der Waals surface area contributed by atoms with Crippen LogP contribution in [-0.4, -0.2) is 4.98 Å². The first-order chi connectivity index (χ1) is 8.38. The van der Waals surface area contributed by atoms with Crippen molar-refractivity contribution >= 4 is 27.5 Å². The van der Waals surface area contributed by atoms with E-state index in [0.29, 0.717) is 5.69 Å². The van der Waals surface area contributed by atoms with Gasteiger partial charge in [-0.25, -0.2) is 4.98 Å². The van der Waals surface area contributed by atoms with E-state index in [4.69, 9.17) is 5.53 Å². The Labute approximate surface area is 97.1 Å². The summed E-state index contributed by atoms with van der Waals surface area (Å²) in [5.74, 6) is 0. The van der Waals surface area contributed by atoms with Crippen molar-refractivity contribution in [1.82, 2.24) is 4.98 Å². The number of azide groups is 1. The van der Waals surface area contributed by atoms with Gasteiger partial charge in [0, 0.05) is 21.4 Å². The Hall–Kier alpha value is -2.58. The number of fused-ring (bicyclic) bond motifs is 2. The molecule has 0 atom stereocenters. The fraction of sp³-hybridized carbons (Fsp3) is 0. The maximum atomic E-state index is 8.53. The summed E-state index contributed by atoms with van der Waals surface area (Å²) in [5.41, 5.74) is 10.9. The topological polar surface area (TPSA) is 61.7 Å². The van der Waals surface area contributed by atoms with E-state index in [1.54, 1.807) is 6.07 Å². The summed E-state index contributed by atoms with van der Waals surface area (Å²) in [6.45, 7) is 0.